The number of hydrogen-bond donors (Lipinski definition) is 0. The lowest BCUT2D eigenvalue weighted by molar-refractivity contribution is -0.131. The Bertz CT molecular complexity index is 868. The minimum absolute atomic E-state index is 0.0257. The third-order valence-corrected chi connectivity index (χ3v) is 4.62. The maximum absolute atomic E-state index is 12.6. The van der Waals surface area contributed by atoms with Gasteiger partial charge in [0.2, 0.25) is 12.7 Å². The van der Waals surface area contributed by atoms with Gasteiger partial charge in [0.05, 0.1) is 19.2 Å². The fourth-order valence-electron chi connectivity index (χ4n) is 3.14. The van der Waals surface area contributed by atoms with Gasteiger partial charge in [-0.1, -0.05) is 6.07 Å². The summed E-state index contributed by atoms with van der Waals surface area (Å²) in [6.45, 7) is 2.26. The lowest BCUT2D eigenvalue weighted by Crippen LogP contribution is -2.50. The summed E-state index contributed by atoms with van der Waals surface area (Å²) in [7, 11) is 1.33. The number of carbonyl (C=O) groups excluding carboxylic acids is 2. The van der Waals surface area contributed by atoms with Crippen molar-refractivity contribution in [3.63, 3.8) is 0 Å². The van der Waals surface area contributed by atoms with Crippen molar-refractivity contribution in [2.24, 2.45) is 0 Å². The number of esters is 1. The molecule has 0 N–H and O–H groups in total. The van der Waals surface area contributed by atoms with Crippen molar-refractivity contribution in [2.45, 2.75) is 6.54 Å². The number of nitrogens with zero attached hydrogens (tertiary/aromatic N) is 3. The number of hydrogen-bond acceptors (Lipinski definition) is 7. The van der Waals surface area contributed by atoms with Crippen LogP contribution in [0, 0.1) is 0 Å². The van der Waals surface area contributed by atoms with Crippen LogP contribution in [0.3, 0.4) is 0 Å². The molecule has 4 rings (SSSR count). The van der Waals surface area contributed by atoms with Crippen LogP contribution in [-0.2, 0) is 16.1 Å². The number of methoxy groups -OCH3 is 1. The molecular formula is C19H19N3O5. The Hall–Kier alpha value is -3.29. The largest absolute Gasteiger partial charge is 0.465 e. The highest BCUT2D eigenvalue weighted by molar-refractivity contribution is 5.89. The molecule has 3 heterocycles. The van der Waals surface area contributed by atoms with Gasteiger partial charge in [0.15, 0.2) is 11.5 Å². The van der Waals surface area contributed by atoms with Crippen molar-refractivity contribution in [3.05, 3.63) is 47.7 Å². The van der Waals surface area contributed by atoms with Gasteiger partial charge in [0.25, 0.3) is 0 Å². The summed E-state index contributed by atoms with van der Waals surface area (Å²) in [6, 6.07) is 9.10. The Labute approximate surface area is 156 Å². The standard InChI is InChI=1S/C19H19N3O5/c1-25-19(24)14-3-5-17(20-9-14)21-6-7-22(18(23)11-21)10-13-2-4-15-16(8-13)27-12-26-15/h2-5,8-9H,6-7,10-12H2,1H3. The molecule has 8 nitrogen and oxygen atoms in total. The van der Waals surface area contributed by atoms with Crippen LogP contribution in [0.25, 0.3) is 0 Å². The maximum Gasteiger partial charge on any atom is 0.339 e. The molecule has 0 spiro atoms. The average molecular weight is 369 g/mol. The highest BCUT2D eigenvalue weighted by Gasteiger charge is 2.25. The van der Waals surface area contributed by atoms with E-state index in [0.717, 1.165) is 11.3 Å². The van der Waals surface area contributed by atoms with Crippen molar-refractivity contribution in [3.8, 4) is 11.5 Å². The van der Waals surface area contributed by atoms with Crippen LogP contribution < -0.4 is 14.4 Å². The van der Waals surface area contributed by atoms with E-state index in [4.69, 9.17) is 9.47 Å². The third kappa shape index (κ3) is 3.51. The van der Waals surface area contributed by atoms with Crippen molar-refractivity contribution in [2.75, 3.05) is 38.4 Å². The van der Waals surface area contributed by atoms with Crippen molar-refractivity contribution >= 4 is 17.7 Å². The van der Waals surface area contributed by atoms with Gasteiger partial charge in [0, 0.05) is 25.8 Å². The first-order valence-electron chi connectivity index (χ1n) is 8.59. The van der Waals surface area contributed by atoms with Gasteiger partial charge in [-0.15, -0.1) is 0 Å². The predicted octanol–water partition coefficient (Wildman–Crippen LogP) is 1.45. The zero-order valence-electron chi connectivity index (χ0n) is 14.9. The first-order valence-corrected chi connectivity index (χ1v) is 8.59. The molecule has 0 atom stereocenters. The number of rotatable bonds is 4. The maximum atomic E-state index is 12.6. The minimum atomic E-state index is -0.432. The zero-order valence-corrected chi connectivity index (χ0v) is 14.9. The van der Waals surface area contributed by atoms with Gasteiger partial charge in [-0.05, 0) is 29.8 Å². The van der Waals surface area contributed by atoms with Gasteiger partial charge in [-0.3, -0.25) is 4.79 Å². The molecule has 1 saturated heterocycles. The van der Waals surface area contributed by atoms with E-state index in [1.807, 2.05) is 28.0 Å². The Balaban J connectivity index is 1.39. The number of pyridine rings is 1. The molecule has 0 radical (unpaired) electrons. The smallest absolute Gasteiger partial charge is 0.339 e. The second-order valence-corrected chi connectivity index (χ2v) is 6.32. The first-order chi connectivity index (χ1) is 13.1. The lowest BCUT2D eigenvalue weighted by atomic mass is 10.1. The highest BCUT2D eigenvalue weighted by Crippen LogP contribution is 2.33. The Morgan fingerprint density at radius 1 is 1.19 bits per heavy atom. The average Bonchev–Trinajstić information content (AvgIpc) is 3.17. The molecule has 0 aliphatic carbocycles. The second kappa shape index (κ2) is 7.14. The molecule has 2 aliphatic heterocycles. The van der Waals surface area contributed by atoms with Gasteiger partial charge >= 0.3 is 5.97 Å². The molecule has 0 unspecified atom stereocenters. The first kappa shape index (κ1) is 17.1. The molecule has 140 valence electrons. The number of amides is 1. The lowest BCUT2D eigenvalue weighted by Gasteiger charge is -2.35. The van der Waals surface area contributed by atoms with Crippen LogP contribution in [0.1, 0.15) is 15.9 Å². The molecular weight excluding hydrogens is 350 g/mol. The fraction of sp³-hybridized carbons (Fsp3) is 0.316. The second-order valence-electron chi connectivity index (χ2n) is 6.32. The fourth-order valence-corrected chi connectivity index (χ4v) is 3.14. The Morgan fingerprint density at radius 2 is 2.04 bits per heavy atom. The predicted molar refractivity (Wildman–Crippen MR) is 95.8 cm³/mol. The number of fused-ring (bicyclic) bond motifs is 1. The molecule has 8 heteroatoms. The number of piperazine rings is 1. The molecule has 1 fully saturated rings. The van der Waals surface area contributed by atoms with Gasteiger partial charge in [0.1, 0.15) is 5.82 Å². The van der Waals surface area contributed by atoms with Crippen LogP contribution in [0.5, 0.6) is 11.5 Å². The number of anilines is 1. The van der Waals surface area contributed by atoms with Gasteiger partial charge in [-0.25, -0.2) is 9.78 Å². The summed E-state index contributed by atoms with van der Waals surface area (Å²) in [6.07, 6.45) is 1.46. The van der Waals surface area contributed by atoms with Gasteiger partial charge < -0.3 is 24.0 Å². The van der Waals surface area contributed by atoms with Gasteiger partial charge in [-0.2, -0.15) is 0 Å². The highest BCUT2D eigenvalue weighted by atomic mass is 16.7. The van der Waals surface area contributed by atoms with E-state index in [0.29, 0.717) is 36.8 Å². The van der Waals surface area contributed by atoms with E-state index in [9.17, 15) is 9.59 Å². The Morgan fingerprint density at radius 3 is 2.78 bits per heavy atom. The normalized spacial score (nSPS) is 15.8. The summed E-state index contributed by atoms with van der Waals surface area (Å²) in [5.41, 5.74) is 1.38. The molecule has 27 heavy (non-hydrogen) atoms. The monoisotopic (exact) mass is 369 g/mol. The summed E-state index contributed by atoms with van der Waals surface area (Å²) in [4.78, 5) is 32.0. The molecule has 1 aromatic heterocycles. The van der Waals surface area contributed by atoms with E-state index >= 15 is 0 Å². The number of carbonyl (C=O) groups is 2. The van der Waals surface area contributed by atoms with Crippen LogP contribution >= 0.6 is 0 Å². The third-order valence-electron chi connectivity index (χ3n) is 4.62. The van der Waals surface area contributed by atoms with E-state index in [1.165, 1.54) is 13.3 Å². The van der Waals surface area contributed by atoms with Crippen molar-refractivity contribution in [1.82, 2.24) is 9.88 Å². The number of aromatic nitrogens is 1. The van der Waals surface area contributed by atoms with E-state index in [1.54, 1.807) is 12.1 Å². The topological polar surface area (TPSA) is 81.2 Å². The van der Waals surface area contributed by atoms with Crippen LogP contribution in [0.4, 0.5) is 5.82 Å². The molecule has 0 saturated carbocycles. The van der Waals surface area contributed by atoms with Crippen molar-refractivity contribution in [1.29, 1.82) is 0 Å². The minimum Gasteiger partial charge on any atom is -0.465 e. The van der Waals surface area contributed by atoms with Crippen LogP contribution in [0.2, 0.25) is 0 Å². The summed E-state index contributed by atoms with van der Waals surface area (Å²) >= 11 is 0. The number of benzene rings is 1. The van der Waals surface area contributed by atoms with E-state index < -0.39 is 5.97 Å². The van der Waals surface area contributed by atoms with Crippen molar-refractivity contribution < 1.29 is 23.8 Å². The van der Waals surface area contributed by atoms with Crippen LogP contribution in [0.15, 0.2) is 36.5 Å². The SMILES string of the molecule is COC(=O)c1ccc(N2CCN(Cc3ccc4c(c3)OCO4)C(=O)C2)nc1. The zero-order chi connectivity index (χ0) is 18.8. The summed E-state index contributed by atoms with van der Waals surface area (Å²) in [5, 5.41) is 0. The number of ether oxygens (including phenoxy) is 3. The molecule has 2 aromatic rings. The Kier molecular flexibility index (Phi) is 4.53. The molecule has 0 bridgehead atoms. The summed E-state index contributed by atoms with van der Waals surface area (Å²) in [5.74, 6) is 1.71. The van der Waals surface area contributed by atoms with E-state index in [2.05, 4.69) is 9.72 Å². The molecule has 1 amide bonds. The molecule has 2 aliphatic rings. The van der Waals surface area contributed by atoms with Crippen LogP contribution in [-0.4, -0.2) is 55.3 Å². The quantitative estimate of drug-likeness (QED) is 0.755. The molecule has 1 aromatic carbocycles. The van der Waals surface area contributed by atoms with E-state index in [-0.39, 0.29) is 19.2 Å². The summed E-state index contributed by atoms with van der Waals surface area (Å²) < 4.78 is 15.4.